The molecule has 20 aromatic rings. The van der Waals surface area contributed by atoms with E-state index >= 15 is 0 Å². The Bertz CT molecular complexity index is 6700. The third kappa shape index (κ3) is 13.3. The lowest BCUT2D eigenvalue weighted by Crippen LogP contribution is -2.15. The minimum Gasteiger partial charge on any atom is -0.453 e. The van der Waals surface area contributed by atoms with Crippen molar-refractivity contribution in [1.29, 1.82) is 0 Å². The van der Waals surface area contributed by atoms with E-state index in [1.807, 2.05) is 127 Å². The van der Waals surface area contributed by atoms with Crippen LogP contribution in [-0.4, -0.2) is 9.13 Å². The topological polar surface area (TPSA) is 56.1 Å². The van der Waals surface area contributed by atoms with Crippen molar-refractivity contribution in [3.8, 4) is 113 Å². The second-order valence-corrected chi connectivity index (χ2v) is 30.4. The van der Waals surface area contributed by atoms with Crippen LogP contribution in [0.15, 0.2) is 425 Å². The first-order valence-corrected chi connectivity index (χ1v) is 40.2. The van der Waals surface area contributed by atoms with Crippen LogP contribution in [0, 0.1) is 0 Å². The predicted molar refractivity (Wildman–Crippen MR) is 490 cm³/mol. The number of anilines is 8. The first-order chi connectivity index (χ1) is 58.3. The first-order valence-electron chi connectivity index (χ1n) is 39.5. The summed E-state index contributed by atoms with van der Waals surface area (Å²) in [5.74, 6) is 5.13. The molecule has 3 aliphatic heterocycles. The maximum atomic E-state index is 6.30. The lowest BCUT2D eigenvalue weighted by Gasteiger charge is -2.32. The fraction of sp³-hybridized carbons (Fsp3) is 0. The Kier molecular flexibility index (Phi) is 18.2. The Morgan fingerprint density at radius 2 is 0.407 bits per heavy atom. The summed E-state index contributed by atoms with van der Waals surface area (Å²) >= 11 is 12.3. The van der Waals surface area contributed by atoms with Gasteiger partial charge in [-0.25, -0.2) is 0 Å². The van der Waals surface area contributed by atoms with E-state index in [4.69, 9.17) is 37.4 Å². The molecular formula is C108H71Cl2N5O3. The average molecular weight is 1560 g/mol. The van der Waals surface area contributed by atoms with Crippen molar-refractivity contribution in [2.45, 2.75) is 0 Å². The maximum absolute atomic E-state index is 6.30. The second-order valence-electron chi connectivity index (χ2n) is 29.5. The van der Waals surface area contributed by atoms with Crippen molar-refractivity contribution in [3.63, 3.8) is 0 Å². The zero-order valence-corrected chi connectivity index (χ0v) is 65.2. The summed E-state index contributed by atoms with van der Waals surface area (Å²) in [5, 5.41) is 9.61. The highest BCUT2D eigenvalue weighted by Gasteiger charge is 2.28. The van der Waals surface area contributed by atoms with Gasteiger partial charge >= 0.3 is 0 Å². The molecule has 10 heteroatoms. The van der Waals surface area contributed by atoms with Crippen LogP contribution in [0.2, 0.25) is 10.0 Å². The number of rotatable bonds is 10. The molecule has 8 nitrogen and oxygen atoms in total. The number of halogens is 2. The summed E-state index contributed by atoms with van der Waals surface area (Å²) in [5.41, 5.74) is 29.2. The molecule has 3 aliphatic rings. The second kappa shape index (κ2) is 30.4. The molecular weight excluding hydrogens is 1490 g/mol. The van der Waals surface area contributed by atoms with Gasteiger partial charge < -0.3 is 38.5 Å². The van der Waals surface area contributed by atoms with Gasteiger partial charge in [0.05, 0.1) is 56.2 Å². The lowest BCUT2D eigenvalue weighted by atomic mass is 9.99. The third-order valence-electron chi connectivity index (χ3n) is 22.4. The van der Waals surface area contributed by atoms with Gasteiger partial charge in [0.1, 0.15) is 0 Å². The molecule has 0 fully saturated rings. The first kappa shape index (κ1) is 70.8. The molecule has 5 heterocycles. The van der Waals surface area contributed by atoms with Crippen LogP contribution in [-0.2, 0) is 0 Å². The van der Waals surface area contributed by atoms with Crippen molar-refractivity contribution in [2.75, 3.05) is 15.1 Å². The van der Waals surface area contributed by atoms with E-state index in [1.54, 1.807) is 0 Å². The van der Waals surface area contributed by atoms with Gasteiger partial charge in [0.15, 0.2) is 34.5 Å². The monoisotopic (exact) mass is 1560 g/mol. The SMILES string of the molecule is Clc1ccc(-c2ccc3c(c2)c2cc(-c4ccc(Cl)cc4)ccc2n3-c2ccc(-c3ccccc3)cc2)cc1.c1ccc(-c2ccc(-n3c4ccc(-c5ccc(N6c7ccccc7Oc7ccccc76)cc5)cc4c4cc(-c5ccc(N6c7ccccc7Oc7ccccc76)cc5)ccc43)cc2)cc1.c1ccc2c(c1)Nc1ccccc1O2. The molecule has 0 bridgehead atoms. The quantitative estimate of drug-likeness (QED) is 0.147. The summed E-state index contributed by atoms with van der Waals surface area (Å²) in [6, 6.07) is 149. The normalized spacial score (nSPS) is 12.1. The summed E-state index contributed by atoms with van der Waals surface area (Å²) < 4.78 is 23.1. The molecule has 560 valence electrons. The number of hydrogen-bond donors (Lipinski definition) is 1. The Morgan fingerprint density at radius 1 is 0.186 bits per heavy atom. The van der Waals surface area contributed by atoms with Crippen LogP contribution in [0.3, 0.4) is 0 Å². The zero-order valence-electron chi connectivity index (χ0n) is 63.7. The highest BCUT2D eigenvalue weighted by Crippen LogP contribution is 2.53. The summed E-state index contributed by atoms with van der Waals surface area (Å²) in [7, 11) is 0. The largest absolute Gasteiger partial charge is 0.453 e. The number of aromatic nitrogens is 2. The predicted octanol–water partition coefficient (Wildman–Crippen LogP) is 31.6. The lowest BCUT2D eigenvalue weighted by molar-refractivity contribution is 0.477. The van der Waals surface area contributed by atoms with Crippen LogP contribution in [0.1, 0.15) is 0 Å². The van der Waals surface area contributed by atoms with E-state index in [-0.39, 0.29) is 0 Å². The van der Waals surface area contributed by atoms with E-state index in [2.05, 4.69) is 322 Å². The van der Waals surface area contributed by atoms with Crippen molar-refractivity contribution in [2.24, 2.45) is 0 Å². The molecule has 1 N–H and O–H groups in total. The summed E-state index contributed by atoms with van der Waals surface area (Å²) in [4.78, 5) is 4.56. The van der Waals surface area contributed by atoms with Crippen molar-refractivity contribution < 1.29 is 14.2 Å². The number of ether oxygens (including phenoxy) is 3. The minimum absolute atomic E-state index is 0.739. The summed E-state index contributed by atoms with van der Waals surface area (Å²) in [6.07, 6.45) is 0. The van der Waals surface area contributed by atoms with E-state index in [0.717, 1.165) is 157 Å². The number of nitrogens with zero attached hydrogens (tertiary/aromatic N) is 4. The molecule has 0 radical (unpaired) electrons. The zero-order chi connectivity index (χ0) is 78.6. The van der Waals surface area contributed by atoms with Crippen molar-refractivity contribution in [3.05, 3.63) is 435 Å². The third-order valence-corrected chi connectivity index (χ3v) is 22.9. The molecule has 0 atom stereocenters. The molecule has 2 aromatic heterocycles. The Hall–Kier alpha value is -15.1. The van der Waals surface area contributed by atoms with E-state index in [1.165, 1.54) is 54.8 Å². The molecule has 0 saturated heterocycles. The molecule has 0 unspecified atom stereocenters. The number of fused-ring (bicyclic) bond motifs is 12. The van der Waals surface area contributed by atoms with Crippen LogP contribution in [0.25, 0.3) is 122 Å². The van der Waals surface area contributed by atoms with E-state index < -0.39 is 0 Å². The smallest absolute Gasteiger partial charge is 0.151 e. The minimum atomic E-state index is 0.739. The molecule has 23 rings (SSSR count). The van der Waals surface area contributed by atoms with Crippen LogP contribution in [0.4, 0.5) is 45.5 Å². The molecule has 118 heavy (non-hydrogen) atoms. The van der Waals surface area contributed by atoms with Gasteiger partial charge in [0.25, 0.3) is 0 Å². The molecule has 0 amide bonds. The maximum Gasteiger partial charge on any atom is 0.151 e. The fourth-order valence-corrected chi connectivity index (χ4v) is 16.9. The number of hydrogen-bond acceptors (Lipinski definition) is 6. The van der Waals surface area contributed by atoms with E-state index in [9.17, 15) is 0 Å². The van der Waals surface area contributed by atoms with Gasteiger partial charge in [-0.2, -0.15) is 0 Å². The fourth-order valence-electron chi connectivity index (χ4n) is 16.6. The average Bonchev–Trinajstić information content (AvgIpc) is 1.63. The van der Waals surface area contributed by atoms with Gasteiger partial charge in [0.2, 0.25) is 0 Å². The number of benzene rings is 18. The van der Waals surface area contributed by atoms with E-state index in [0.29, 0.717) is 0 Å². The van der Waals surface area contributed by atoms with Gasteiger partial charge in [-0.1, -0.05) is 254 Å². The number of para-hydroxylation sites is 12. The summed E-state index contributed by atoms with van der Waals surface area (Å²) in [6.45, 7) is 0. The Balaban J connectivity index is 0.000000137. The van der Waals surface area contributed by atoms with Gasteiger partial charge in [-0.15, -0.1) is 0 Å². The van der Waals surface area contributed by atoms with Gasteiger partial charge in [0, 0.05) is 54.3 Å². The molecule has 18 aromatic carbocycles. The highest BCUT2D eigenvalue weighted by molar-refractivity contribution is 6.31. The standard InChI is InChI=1S/C60H39N3O2.C36H23Cl2N.C12H9NO/c1-2-12-40(13-3-1)41-22-30-46(31-23-41)61-51-36-28-44(42-24-32-47(33-25-42)62-53-14-4-8-18-57(53)64-58-19-9-5-15-54(58)62)38-49(51)50-39-45(29-37-52(50)61)43-26-34-48(35-27-43)63-55-16-6-10-20-59(55)65-60-21-11-7-17-56(60)63;37-30-14-6-26(7-15-30)28-12-20-35-33(22-28)34-23-29(27-8-16-31(38)17-9-27)13-21-36(34)39(35)32-18-10-25(11-19-32)24-4-2-1-3-5-24;1-3-7-11-9(5-1)13-10-6-2-4-8-12(10)14-11/h1-39H;1-23H;1-8,13H. The van der Waals surface area contributed by atoms with Crippen LogP contribution >= 0.6 is 23.2 Å². The van der Waals surface area contributed by atoms with Crippen LogP contribution in [0.5, 0.6) is 34.5 Å². The Morgan fingerprint density at radius 3 is 0.712 bits per heavy atom. The van der Waals surface area contributed by atoms with Crippen molar-refractivity contribution >= 4 is 112 Å². The highest BCUT2D eigenvalue weighted by atomic mass is 35.5. The van der Waals surface area contributed by atoms with Crippen molar-refractivity contribution in [1.82, 2.24) is 9.13 Å². The molecule has 0 spiro atoms. The van der Waals surface area contributed by atoms with Gasteiger partial charge in [-0.3, -0.25) is 0 Å². The van der Waals surface area contributed by atoms with Crippen LogP contribution < -0.4 is 29.3 Å². The Labute approximate surface area is 693 Å². The molecule has 0 saturated carbocycles. The number of nitrogens with one attached hydrogen (secondary N) is 1. The van der Waals surface area contributed by atoms with Gasteiger partial charge in [-0.05, 0) is 261 Å². The molecule has 0 aliphatic carbocycles.